The van der Waals surface area contributed by atoms with Crippen LogP contribution in [0.25, 0.3) is 0 Å². The maximum Gasteiger partial charge on any atom is 0.269 e. The van der Waals surface area contributed by atoms with Gasteiger partial charge in [0, 0.05) is 43.0 Å². The molecule has 0 unspecified atom stereocenters. The van der Waals surface area contributed by atoms with Gasteiger partial charge in [-0.2, -0.15) is 0 Å². The molecule has 0 bridgehead atoms. The fourth-order valence-electron chi connectivity index (χ4n) is 14.6. The number of nitro benzene ring substituents is 1. The fourth-order valence-corrected chi connectivity index (χ4v) is 15.9. The lowest BCUT2D eigenvalue weighted by atomic mass is 9.33. The molecule has 2 heterocycles. The highest BCUT2D eigenvalue weighted by Crippen LogP contribution is 2.77. The van der Waals surface area contributed by atoms with Crippen molar-refractivity contribution < 1.29 is 13.3 Å². The number of allylic oxidation sites excluding steroid dienone is 1. The largest absolute Gasteiger partial charge is 0.366 e. The second kappa shape index (κ2) is 13.1. The summed E-state index contributed by atoms with van der Waals surface area (Å²) >= 11 is 0. The summed E-state index contributed by atoms with van der Waals surface area (Å²) in [7, 11) is -2.81. The van der Waals surface area contributed by atoms with Crippen molar-refractivity contribution in [3.05, 3.63) is 46.5 Å². The van der Waals surface area contributed by atoms with Gasteiger partial charge in [-0.15, -0.1) is 0 Å². The lowest BCUT2D eigenvalue weighted by Gasteiger charge is -2.73. The molecule has 2 saturated heterocycles. The summed E-state index contributed by atoms with van der Waals surface area (Å²) < 4.78 is 23.8. The number of piperidine rings is 1. The van der Waals surface area contributed by atoms with Crippen LogP contribution in [-0.2, 0) is 9.84 Å². The van der Waals surface area contributed by atoms with Gasteiger partial charge in [-0.25, -0.2) is 8.42 Å². The van der Waals surface area contributed by atoms with Gasteiger partial charge in [0.2, 0.25) is 0 Å². The smallest absolute Gasteiger partial charge is 0.269 e. The van der Waals surface area contributed by atoms with Crippen LogP contribution >= 0.6 is 0 Å². The molecule has 7 nitrogen and oxygen atoms in total. The molecule has 4 aliphatic carbocycles. The van der Waals surface area contributed by atoms with E-state index in [2.05, 4.69) is 57.9 Å². The standard InChI is InChI=1S/C43H67N3O4S/c1-31(2)34-17-21-43(19-9-8-10-25-44-27-29-51(49,50)30-28-44)23-22-41(6)35(38(34)43)15-16-37-40(5)24-26-45(32-11-13-33(14-12-32)46(47)48)39(3,4)36(40)18-20-42(37,41)7/h11-14,34-38H,1,8-10,15-30H2,2-7H3/t34-,35+,36-,37+,38+,40-,41+,42+,43+/m0/s1. The van der Waals surface area contributed by atoms with E-state index >= 15 is 0 Å². The molecular formula is C43H67N3O4S. The molecule has 0 radical (unpaired) electrons. The number of hydrogen-bond donors (Lipinski definition) is 0. The van der Waals surface area contributed by atoms with Gasteiger partial charge in [-0.3, -0.25) is 10.1 Å². The number of anilines is 1. The maximum absolute atomic E-state index is 11.9. The predicted molar refractivity (Wildman–Crippen MR) is 209 cm³/mol. The van der Waals surface area contributed by atoms with Crippen LogP contribution in [-0.4, -0.2) is 61.5 Å². The molecule has 8 heteroatoms. The summed E-state index contributed by atoms with van der Waals surface area (Å²) in [6.45, 7) is 23.5. The topological polar surface area (TPSA) is 83.8 Å². The summed E-state index contributed by atoms with van der Waals surface area (Å²) in [5.74, 6) is 4.13. The Hall–Kier alpha value is -1.93. The average molecular weight is 722 g/mol. The first kappa shape index (κ1) is 37.4. The van der Waals surface area contributed by atoms with E-state index in [1.165, 1.54) is 89.0 Å². The van der Waals surface area contributed by atoms with Gasteiger partial charge in [-0.05, 0) is 161 Å². The quantitative estimate of drug-likeness (QED) is 0.109. The number of hydrogen-bond acceptors (Lipinski definition) is 6. The lowest BCUT2D eigenvalue weighted by molar-refractivity contribution is -0.384. The zero-order valence-corrected chi connectivity index (χ0v) is 33.5. The summed E-state index contributed by atoms with van der Waals surface area (Å²) in [6, 6.07) is 7.29. The Kier molecular flexibility index (Phi) is 9.62. The highest BCUT2D eigenvalue weighted by Gasteiger charge is 2.70. The molecule has 9 atom stereocenters. The highest BCUT2D eigenvalue weighted by molar-refractivity contribution is 7.91. The Bertz CT molecular complexity index is 1590. The SMILES string of the molecule is C=C(C)[C@@H]1CC[C@]2(CCCCCN3CCS(=O)(=O)CC3)CC[C@]3(C)[C@H](CC[C@@H]4[C@@]5(C)CCN(c6ccc([N+](=O)[O-])cc6)C(C)(C)[C@@H]5CC[C@]43C)[C@@H]12. The third-order valence-corrected chi connectivity index (χ3v) is 19.0. The fraction of sp³-hybridized carbons (Fsp3) is 0.814. The van der Waals surface area contributed by atoms with Crippen molar-refractivity contribution in [2.24, 2.45) is 51.2 Å². The monoisotopic (exact) mass is 721 g/mol. The van der Waals surface area contributed by atoms with Crippen molar-refractivity contribution in [1.82, 2.24) is 4.90 Å². The molecule has 0 amide bonds. The van der Waals surface area contributed by atoms with E-state index in [0.717, 1.165) is 30.6 Å². The van der Waals surface area contributed by atoms with Crippen LogP contribution < -0.4 is 4.90 Å². The van der Waals surface area contributed by atoms with Crippen LogP contribution in [0.15, 0.2) is 36.4 Å². The molecular weight excluding hydrogens is 655 g/mol. The Morgan fingerprint density at radius 2 is 1.55 bits per heavy atom. The van der Waals surface area contributed by atoms with Crippen molar-refractivity contribution in [1.29, 1.82) is 0 Å². The highest BCUT2D eigenvalue weighted by atomic mass is 32.2. The molecule has 284 valence electrons. The van der Waals surface area contributed by atoms with Crippen LogP contribution in [0, 0.1) is 61.4 Å². The molecule has 1 aromatic carbocycles. The first-order valence-corrected chi connectivity index (χ1v) is 22.4. The zero-order valence-electron chi connectivity index (χ0n) is 32.7. The van der Waals surface area contributed by atoms with E-state index in [0.29, 0.717) is 58.6 Å². The summed E-state index contributed by atoms with van der Waals surface area (Å²) in [5, 5.41) is 11.4. The third-order valence-electron chi connectivity index (χ3n) is 17.4. The molecule has 1 aromatic rings. The Morgan fingerprint density at radius 3 is 2.22 bits per heavy atom. The molecule has 6 aliphatic rings. The molecule has 51 heavy (non-hydrogen) atoms. The van der Waals surface area contributed by atoms with Gasteiger partial charge >= 0.3 is 0 Å². The molecule has 0 spiro atoms. The van der Waals surface area contributed by atoms with E-state index in [1.807, 2.05) is 12.1 Å². The van der Waals surface area contributed by atoms with Crippen molar-refractivity contribution >= 4 is 21.2 Å². The van der Waals surface area contributed by atoms with Crippen LogP contribution in [0.5, 0.6) is 0 Å². The van der Waals surface area contributed by atoms with Gasteiger partial charge in [0.15, 0.2) is 9.84 Å². The maximum atomic E-state index is 11.9. The summed E-state index contributed by atoms with van der Waals surface area (Å²) in [6.07, 6.45) is 17.0. The number of nitrogens with zero attached hydrogens (tertiary/aromatic N) is 3. The summed E-state index contributed by atoms with van der Waals surface area (Å²) in [5.41, 5.74) is 4.08. The minimum Gasteiger partial charge on any atom is -0.366 e. The second-order valence-electron chi connectivity index (χ2n) is 19.7. The van der Waals surface area contributed by atoms with Crippen LogP contribution in [0.2, 0.25) is 0 Å². The minimum absolute atomic E-state index is 0.0217. The Morgan fingerprint density at radius 1 is 0.843 bits per heavy atom. The van der Waals surface area contributed by atoms with Gasteiger partial charge < -0.3 is 9.80 Å². The van der Waals surface area contributed by atoms with Crippen molar-refractivity contribution in [2.75, 3.05) is 42.6 Å². The van der Waals surface area contributed by atoms with Crippen molar-refractivity contribution in [2.45, 2.75) is 131 Å². The average Bonchev–Trinajstić information content (AvgIpc) is 3.45. The van der Waals surface area contributed by atoms with Gasteiger partial charge in [0.25, 0.3) is 5.69 Å². The minimum atomic E-state index is -2.81. The van der Waals surface area contributed by atoms with Crippen LogP contribution in [0.4, 0.5) is 11.4 Å². The lowest BCUT2D eigenvalue weighted by Crippen LogP contribution is -2.69. The van der Waals surface area contributed by atoms with Crippen molar-refractivity contribution in [3.63, 3.8) is 0 Å². The third kappa shape index (κ3) is 6.03. The number of unbranched alkanes of at least 4 members (excludes halogenated alkanes) is 2. The number of fused-ring (bicyclic) bond motifs is 7. The predicted octanol–water partition coefficient (Wildman–Crippen LogP) is 9.71. The number of sulfone groups is 1. The van der Waals surface area contributed by atoms with Gasteiger partial charge in [0.1, 0.15) is 0 Å². The van der Waals surface area contributed by atoms with E-state index in [-0.39, 0.29) is 21.6 Å². The summed E-state index contributed by atoms with van der Waals surface area (Å²) in [4.78, 5) is 16.0. The molecule has 6 fully saturated rings. The molecule has 2 aliphatic heterocycles. The van der Waals surface area contributed by atoms with E-state index in [1.54, 1.807) is 12.1 Å². The van der Waals surface area contributed by atoms with Crippen LogP contribution in [0.3, 0.4) is 0 Å². The normalized spacial score (nSPS) is 41.5. The van der Waals surface area contributed by atoms with E-state index < -0.39 is 9.84 Å². The second-order valence-corrected chi connectivity index (χ2v) is 22.0. The van der Waals surface area contributed by atoms with Crippen LogP contribution in [0.1, 0.15) is 125 Å². The van der Waals surface area contributed by atoms with E-state index in [4.69, 9.17) is 0 Å². The first-order valence-electron chi connectivity index (χ1n) is 20.6. The van der Waals surface area contributed by atoms with E-state index in [9.17, 15) is 18.5 Å². The number of rotatable bonds is 9. The number of nitro groups is 1. The van der Waals surface area contributed by atoms with Crippen molar-refractivity contribution in [3.8, 4) is 0 Å². The molecule has 0 aromatic heterocycles. The first-order chi connectivity index (χ1) is 24.0. The number of non-ortho nitro benzene ring substituents is 1. The molecule has 4 saturated carbocycles. The Balaban J connectivity index is 1.08. The zero-order chi connectivity index (χ0) is 36.6. The number of benzene rings is 1. The molecule has 7 rings (SSSR count). The Labute approximate surface area is 309 Å². The molecule has 0 N–H and O–H groups in total. The van der Waals surface area contributed by atoms with Gasteiger partial charge in [0.05, 0.1) is 16.4 Å². The van der Waals surface area contributed by atoms with Gasteiger partial charge in [-0.1, -0.05) is 45.8 Å².